The van der Waals surface area contributed by atoms with E-state index in [1.807, 2.05) is 0 Å². The van der Waals surface area contributed by atoms with Crippen LogP contribution in [0.25, 0.3) is 0 Å². The molecule has 0 unspecified atom stereocenters. The fourth-order valence-electron chi connectivity index (χ4n) is 0. The van der Waals surface area contributed by atoms with Gasteiger partial charge in [0.1, 0.15) is 0 Å². The topological polar surface area (TPSA) is 1290 Å². The van der Waals surface area contributed by atoms with Crippen molar-refractivity contribution in [3.8, 4) is 0 Å². The van der Waals surface area contributed by atoms with Gasteiger partial charge in [-0.1, -0.05) is 0 Å². The van der Waals surface area contributed by atoms with Crippen LogP contribution in [0.2, 0.25) is 0 Å². The summed E-state index contributed by atoms with van der Waals surface area (Å²) in [7, 11) is 0. The Morgan fingerprint density at radius 3 is 0.0847 bits per heavy atom. The van der Waals surface area contributed by atoms with E-state index in [1.165, 1.54) is 0 Å². The molecule has 59 heavy (non-hydrogen) atoms. The summed E-state index contributed by atoms with van der Waals surface area (Å²) in [6, 6.07) is 0. The van der Waals surface area contributed by atoms with Crippen molar-refractivity contribution in [2.75, 3.05) is 0 Å². The van der Waals surface area contributed by atoms with Crippen LogP contribution in [-0.2, 0) is 232 Å². The third-order valence-electron chi connectivity index (χ3n) is 0. The first-order chi connectivity index (χ1) is 0. The van der Waals surface area contributed by atoms with Gasteiger partial charge >= 0.3 is 0 Å². The fourth-order valence-corrected chi connectivity index (χ4v) is 0. The molecule has 0 saturated heterocycles. The smallest absolute Gasteiger partial charge is 0 e. The molecule has 0 amide bonds. The van der Waals surface area contributed by atoms with Gasteiger partial charge in [0.25, 0.3) is 0 Å². The van der Waals surface area contributed by atoms with E-state index in [9.17, 15) is 0 Å². The van der Waals surface area contributed by atoms with Crippen LogP contribution in [0.15, 0.2) is 0 Å². The molecule has 0 aromatic heterocycles. The van der Waals surface area contributed by atoms with Gasteiger partial charge in [0.05, 0.1) is 0 Å². The maximum absolute atomic E-state index is 0. The Morgan fingerprint density at radius 1 is 0.0847 bits per heavy atom. The average Bonchev–Trinajstić information content (AvgIpc) is 0. The summed E-state index contributed by atoms with van der Waals surface area (Å²) < 4.78 is 0. The van der Waals surface area contributed by atoms with Crippen molar-refractivity contribution in [2.24, 2.45) is 0 Å². The van der Waals surface area contributed by atoms with Gasteiger partial charge in [-0.2, -0.15) is 0 Å². The first-order valence-electron chi connectivity index (χ1n) is 0. The van der Waals surface area contributed by atoms with Gasteiger partial charge in [-0.25, -0.2) is 0 Å². The molecule has 0 aromatic rings. The monoisotopic (exact) mass is 3010 g/mol. The average molecular weight is 3010 g/mol. The second-order valence-corrected chi connectivity index (χ2v) is 0. The number of hydrogen-bond donors (Lipinski definition) is 0. The Kier molecular flexibility index (Phi) is 51300. The summed E-state index contributed by atoms with van der Waals surface area (Å²) in [5, 5.41) is 0. The molecular formula is H82AlK5O41SiW11. The van der Waals surface area contributed by atoms with Gasteiger partial charge in [-0.15, -0.1) is 0 Å². The molecule has 0 heterocycles. The fraction of sp³-hybridized carbons (Fsp3) is 0. The van der Waals surface area contributed by atoms with E-state index in [2.05, 4.69) is 0 Å². The normalized spacial score (nSPS) is 0. The van der Waals surface area contributed by atoms with Crippen LogP contribution in [0.3, 0.4) is 0 Å². The molecule has 0 rings (SSSR count). The zero-order chi connectivity index (χ0) is 0. The van der Waals surface area contributed by atoms with E-state index in [1.54, 1.807) is 0 Å². The van der Waals surface area contributed by atoms with Crippen LogP contribution in [0.5, 0.6) is 0 Å². The first kappa shape index (κ1) is 1780. The number of hydrogen-bond acceptors (Lipinski definition) is 0. The van der Waals surface area contributed by atoms with E-state index in [-0.39, 0.29) is 741 Å². The predicted octanol–water partition coefficient (Wildman–Crippen LogP) is -36.5. The second-order valence-electron chi connectivity index (χ2n) is 0. The molecular weight excluding hydrogens is 2930 g/mol. The summed E-state index contributed by atoms with van der Waals surface area (Å²) in [4.78, 5) is 0. The van der Waals surface area contributed by atoms with Gasteiger partial charge in [0.2, 0.25) is 0 Å². The third-order valence-corrected chi connectivity index (χ3v) is 0. The SMILES string of the molecule is O.O.O.O.O.O.O.O.O.O.O.O.O.O.O.O.O.O.O.O.O.O.O.O.O.O.O.O.O.O.O.O.O.O.O.O.O.O.O.O.O.[Al].[K].[K].[K].[K].[K].[Si].[W].[W].[W].[W].[W].[W].[W].[W].[W].[W].[W]. The molecule has 0 atom stereocenters. The summed E-state index contributed by atoms with van der Waals surface area (Å²) in [6.07, 6.45) is 0. The van der Waals surface area contributed by atoms with Crippen LogP contribution in [0, 0.1) is 0 Å². The Morgan fingerprint density at radius 2 is 0.0847 bits per heavy atom. The molecule has 0 fully saturated rings. The molecule has 41 nitrogen and oxygen atoms in total. The van der Waals surface area contributed by atoms with Gasteiger partial charge in [-0.3, -0.25) is 0 Å². The van der Waals surface area contributed by atoms with E-state index >= 15 is 0 Å². The van der Waals surface area contributed by atoms with Crippen LogP contribution in [-0.4, -0.2) is 510 Å². The van der Waals surface area contributed by atoms with Gasteiger partial charge in [0.15, 0.2) is 0 Å². The van der Waals surface area contributed by atoms with Crippen molar-refractivity contribution in [3.05, 3.63) is 0 Å². The summed E-state index contributed by atoms with van der Waals surface area (Å²) >= 11 is 0. The molecule has 0 aliphatic carbocycles. The molecule has 0 bridgehead atoms. The molecule has 0 saturated carbocycles. The van der Waals surface area contributed by atoms with E-state index in [4.69, 9.17) is 0 Å². The van der Waals surface area contributed by atoms with E-state index < -0.39 is 0 Å². The quantitative estimate of drug-likeness (QED) is 0.204. The molecule has 0 aromatic carbocycles. The van der Waals surface area contributed by atoms with Crippen LogP contribution >= 0.6 is 0 Å². The maximum Gasteiger partial charge on any atom is 0 e. The Balaban J connectivity index is 0. The Hall–Kier alpha value is 14.9. The van der Waals surface area contributed by atoms with Crippen LogP contribution in [0.4, 0.5) is 0 Å². The molecule has 0 spiro atoms. The number of rotatable bonds is 0. The van der Waals surface area contributed by atoms with Crippen molar-refractivity contribution in [1.29, 1.82) is 0 Å². The summed E-state index contributed by atoms with van der Waals surface area (Å²) in [5.74, 6) is 0. The molecule has 82 N–H and O–H groups in total. The minimum atomic E-state index is 0. The van der Waals surface area contributed by atoms with Crippen molar-refractivity contribution < 1.29 is 456 Å². The Bertz CT molecular complexity index is 77.8. The molecule has 0 aliphatic rings. The zero-order valence-electron chi connectivity index (χ0n) is 31.1. The molecule has 12 radical (unpaired) electrons. The van der Waals surface area contributed by atoms with Gasteiger partial charge in [-0.05, 0) is 0 Å². The summed E-state index contributed by atoms with van der Waals surface area (Å²) in [5.41, 5.74) is 0. The third kappa shape index (κ3) is 1660. The Labute approximate surface area is 723 Å². The first-order valence-corrected chi connectivity index (χ1v) is 0. The van der Waals surface area contributed by atoms with Gasteiger partial charge < -0.3 is 225 Å². The molecule has 0 aliphatic heterocycles. The predicted molar refractivity (Wildman–Crippen MR) is 188 cm³/mol. The van der Waals surface area contributed by atoms with E-state index in [0.717, 1.165) is 0 Å². The zero-order valence-corrected chi connectivity index (χ0v) is 81.1. The van der Waals surface area contributed by atoms with Crippen molar-refractivity contribution in [1.82, 2.24) is 0 Å². The minimum absolute atomic E-state index is 0. The maximum atomic E-state index is 0. The minimum Gasteiger partial charge on any atom is -0.412 e. The largest absolute Gasteiger partial charge is 0.412 e. The molecule has 406 valence electrons. The molecule has 59 heteroatoms. The van der Waals surface area contributed by atoms with Crippen LogP contribution < -0.4 is 0 Å². The van der Waals surface area contributed by atoms with Crippen molar-refractivity contribution in [2.45, 2.75) is 0 Å². The van der Waals surface area contributed by atoms with Crippen LogP contribution in [0.1, 0.15) is 0 Å². The van der Waals surface area contributed by atoms with E-state index in [0.29, 0.717) is 0 Å². The van der Waals surface area contributed by atoms with Crippen molar-refractivity contribution >= 4 is 285 Å². The standard InChI is InChI=1S/Al.5K.41H2O.Si.11W/h;;;;;;41*1H2;;;;;;;;;;;;. The summed E-state index contributed by atoms with van der Waals surface area (Å²) in [6.45, 7) is 0. The second kappa shape index (κ2) is 1700. The van der Waals surface area contributed by atoms with Crippen molar-refractivity contribution in [3.63, 3.8) is 0 Å². The van der Waals surface area contributed by atoms with Gasteiger partial charge in [0, 0.05) is 517 Å².